The van der Waals surface area contributed by atoms with Crippen LogP contribution in [0.25, 0.3) is 0 Å². The summed E-state index contributed by atoms with van der Waals surface area (Å²) in [6.45, 7) is 13.7. The number of rotatable bonds is 6. The van der Waals surface area contributed by atoms with E-state index in [0.717, 1.165) is 5.75 Å². The predicted molar refractivity (Wildman–Crippen MR) is 104 cm³/mol. The lowest BCUT2D eigenvalue weighted by Gasteiger charge is -2.29. The molecule has 0 saturated carbocycles. The Balaban J connectivity index is 2.09. The first-order valence-electron chi connectivity index (χ1n) is 9.08. The fraction of sp³-hybridized carbons (Fsp3) is 0.478. The smallest absolute Gasteiger partial charge is 0.121 e. The van der Waals surface area contributed by atoms with Gasteiger partial charge in [-0.1, -0.05) is 77.1 Å². The molecule has 0 fully saturated rings. The molecule has 0 bridgehead atoms. The first kappa shape index (κ1) is 18.6. The van der Waals surface area contributed by atoms with Gasteiger partial charge in [0.2, 0.25) is 0 Å². The number of hydrogen-bond donors (Lipinski definition) is 0. The van der Waals surface area contributed by atoms with Crippen LogP contribution < -0.4 is 4.74 Å². The zero-order valence-electron chi connectivity index (χ0n) is 16.0. The Morgan fingerprint density at radius 3 is 1.88 bits per heavy atom. The standard InChI is InChI=1S/C23H32O/c1-17(2)22(16-23(4,5)6)20-12-14-21(15-13-20)24-18(3)19-10-8-7-9-11-19/h7-15,17-18,22H,16H2,1-6H3. The Kier molecular flexibility index (Phi) is 6.10. The van der Waals surface area contributed by atoms with Crippen molar-refractivity contribution in [1.82, 2.24) is 0 Å². The van der Waals surface area contributed by atoms with Gasteiger partial charge in [-0.25, -0.2) is 0 Å². The van der Waals surface area contributed by atoms with E-state index in [2.05, 4.69) is 90.1 Å². The van der Waals surface area contributed by atoms with Crippen LogP contribution in [0.4, 0.5) is 0 Å². The first-order chi connectivity index (χ1) is 11.3. The molecule has 24 heavy (non-hydrogen) atoms. The molecule has 2 atom stereocenters. The summed E-state index contributed by atoms with van der Waals surface area (Å²) in [5.74, 6) is 2.17. The first-order valence-corrected chi connectivity index (χ1v) is 9.08. The largest absolute Gasteiger partial charge is 0.486 e. The van der Waals surface area contributed by atoms with Gasteiger partial charge in [-0.05, 0) is 53.9 Å². The molecule has 1 heteroatoms. The molecule has 0 amide bonds. The molecule has 2 unspecified atom stereocenters. The maximum atomic E-state index is 6.10. The Morgan fingerprint density at radius 1 is 0.792 bits per heavy atom. The summed E-state index contributed by atoms with van der Waals surface area (Å²) >= 11 is 0. The van der Waals surface area contributed by atoms with Crippen molar-refractivity contribution in [3.05, 3.63) is 65.7 Å². The van der Waals surface area contributed by atoms with Gasteiger partial charge in [0.05, 0.1) is 0 Å². The average Bonchev–Trinajstić information content (AvgIpc) is 2.53. The summed E-state index contributed by atoms with van der Waals surface area (Å²) in [6.07, 6.45) is 1.26. The van der Waals surface area contributed by atoms with Gasteiger partial charge in [0.1, 0.15) is 11.9 Å². The van der Waals surface area contributed by atoms with E-state index in [-0.39, 0.29) is 6.10 Å². The zero-order chi connectivity index (χ0) is 17.7. The van der Waals surface area contributed by atoms with Crippen molar-refractivity contribution < 1.29 is 4.74 Å². The average molecular weight is 325 g/mol. The van der Waals surface area contributed by atoms with Gasteiger partial charge in [0.25, 0.3) is 0 Å². The van der Waals surface area contributed by atoms with Gasteiger partial charge < -0.3 is 4.74 Å². The second-order valence-corrected chi connectivity index (χ2v) is 8.36. The minimum atomic E-state index is 0.0625. The second-order valence-electron chi connectivity index (χ2n) is 8.36. The molecule has 0 saturated heterocycles. The molecule has 0 aliphatic carbocycles. The molecule has 130 valence electrons. The van der Waals surface area contributed by atoms with Crippen LogP contribution in [-0.4, -0.2) is 0 Å². The highest BCUT2D eigenvalue weighted by Crippen LogP contribution is 2.37. The maximum absolute atomic E-state index is 6.10. The summed E-state index contributed by atoms with van der Waals surface area (Å²) < 4.78 is 6.10. The van der Waals surface area contributed by atoms with Crippen LogP contribution >= 0.6 is 0 Å². The highest BCUT2D eigenvalue weighted by molar-refractivity contribution is 5.31. The van der Waals surface area contributed by atoms with E-state index in [1.165, 1.54) is 17.5 Å². The van der Waals surface area contributed by atoms with E-state index in [9.17, 15) is 0 Å². The number of hydrogen-bond acceptors (Lipinski definition) is 1. The Labute approximate surface area is 148 Å². The van der Waals surface area contributed by atoms with E-state index in [4.69, 9.17) is 4.74 Å². The van der Waals surface area contributed by atoms with Crippen molar-refractivity contribution >= 4 is 0 Å². The molecule has 1 nitrogen and oxygen atoms in total. The topological polar surface area (TPSA) is 9.23 Å². The number of benzene rings is 2. The lowest BCUT2D eigenvalue weighted by molar-refractivity contribution is 0.226. The van der Waals surface area contributed by atoms with Crippen LogP contribution in [-0.2, 0) is 0 Å². The van der Waals surface area contributed by atoms with E-state index < -0.39 is 0 Å². The van der Waals surface area contributed by atoms with Gasteiger partial charge in [-0.15, -0.1) is 0 Å². The molecule has 0 aliphatic rings. The minimum absolute atomic E-state index is 0.0625. The summed E-state index contributed by atoms with van der Waals surface area (Å²) in [5, 5.41) is 0. The van der Waals surface area contributed by atoms with Crippen LogP contribution in [0.1, 0.15) is 71.1 Å². The van der Waals surface area contributed by atoms with Crippen LogP contribution in [0.15, 0.2) is 54.6 Å². The van der Waals surface area contributed by atoms with E-state index in [1.807, 2.05) is 6.07 Å². The van der Waals surface area contributed by atoms with Crippen LogP contribution in [0.3, 0.4) is 0 Å². The van der Waals surface area contributed by atoms with E-state index in [1.54, 1.807) is 0 Å². The van der Waals surface area contributed by atoms with Crippen LogP contribution in [0.2, 0.25) is 0 Å². The monoisotopic (exact) mass is 324 g/mol. The van der Waals surface area contributed by atoms with Crippen molar-refractivity contribution in [2.24, 2.45) is 11.3 Å². The fourth-order valence-corrected chi connectivity index (χ4v) is 3.19. The van der Waals surface area contributed by atoms with E-state index >= 15 is 0 Å². The summed E-state index contributed by atoms with van der Waals surface area (Å²) in [6, 6.07) is 19.1. The quantitative estimate of drug-likeness (QED) is 0.555. The minimum Gasteiger partial charge on any atom is -0.486 e. The molecule has 0 radical (unpaired) electrons. The summed E-state index contributed by atoms with van der Waals surface area (Å²) in [5.41, 5.74) is 2.96. The molecule has 0 spiro atoms. The van der Waals surface area contributed by atoms with Gasteiger partial charge in [-0.2, -0.15) is 0 Å². The SMILES string of the molecule is CC(Oc1ccc(C(CC(C)(C)C)C(C)C)cc1)c1ccccc1. The van der Waals surface area contributed by atoms with E-state index in [0.29, 0.717) is 17.3 Å². The molecule has 0 heterocycles. The van der Waals surface area contributed by atoms with Gasteiger partial charge in [0, 0.05) is 0 Å². The molecule has 0 aliphatic heterocycles. The highest BCUT2D eigenvalue weighted by atomic mass is 16.5. The molecule has 0 N–H and O–H groups in total. The second kappa shape index (κ2) is 7.88. The normalized spacial score (nSPS) is 14.5. The van der Waals surface area contributed by atoms with Gasteiger partial charge >= 0.3 is 0 Å². The highest BCUT2D eigenvalue weighted by Gasteiger charge is 2.23. The lowest BCUT2D eigenvalue weighted by atomic mass is 9.76. The molecule has 2 rings (SSSR count). The fourth-order valence-electron chi connectivity index (χ4n) is 3.19. The van der Waals surface area contributed by atoms with Crippen LogP contribution in [0.5, 0.6) is 5.75 Å². The van der Waals surface area contributed by atoms with Crippen molar-refractivity contribution in [3.8, 4) is 5.75 Å². The molecule has 0 aromatic heterocycles. The molecular weight excluding hydrogens is 292 g/mol. The molecule has 2 aromatic carbocycles. The van der Waals surface area contributed by atoms with Gasteiger partial charge in [-0.3, -0.25) is 0 Å². The maximum Gasteiger partial charge on any atom is 0.121 e. The lowest BCUT2D eigenvalue weighted by Crippen LogP contribution is -2.16. The predicted octanol–water partition coefficient (Wildman–Crippen LogP) is 7.00. The number of ether oxygens (including phenoxy) is 1. The van der Waals surface area contributed by atoms with Crippen molar-refractivity contribution in [2.45, 2.75) is 60.0 Å². The van der Waals surface area contributed by atoms with Crippen LogP contribution in [0, 0.1) is 11.3 Å². The Bertz CT molecular complexity index is 605. The Hall–Kier alpha value is -1.76. The Morgan fingerprint density at radius 2 is 1.38 bits per heavy atom. The zero-order valence-corrected chi connectivity index (χ0v) is 16.0. The third kappa shape index (κ3) is 5.40. The summed E-state index contributed by atoms with van der Waals surface area (Å²) in [7, 11) is 0. The van der Waals surface area contributed by atoms with Crippen molar-refractivity contribution in [1.29, 1.82) is 0 Å². The molecular formula is C23H32O. The van der Waals surface area contributed by atoms with Crippen molar-refractivity contribution in [2.75, 3.05) is 0 Å². The van der Waals surface area contributed by atoms with Gasteiger partial charge in [0.15, 0.2) is 0 Å². The van der Waals surface area contributed by atoms with Crippen molar-refractivity contribution in [3.63, 3.8) is 0 Å². The third-order valence-corrected chi connectivity index (χ3v) is 4.53. The molecule has 2 aromatic rings. The third-order valence-electron chi connectivity index (χ3n) is 4.53. The summed E-state index contributed by atoms with van der Waals surface area (Å²) in [4.78, 5) is 0.